The van der Waals surface area contributed by atoms with Crippen molar-refractivity contribution in [2.24, 2.45) is 29.1 Å². The van der Waals surface area contributed by atoms with Crippen LogP contribution in [0.4, 0.5) is 0 Å². The molecule has 26 heavy (non-hydrogen) atoms. The van der Waals surface area contributed by atoms with Gasteiger partial charge in [0.05, 0.1) is 0 Å². The largest absolute Gasteiger partial charge is 0.456 e. The Morgan fingerprint density at radius 2 is 1.69 bits per heavy atom. The molecule has 144 valence electrons. The molecule has 0 N–H and O–H groups in total. The van der Waals surface area contributed by atoms with Gasteiger partial charge in [0.15, 0.2) is 6.61 Å². The van der Waals surface area contributed by atoms with Crippen LogP contribution >= 0.6 is 0 Å². The van der Waals surface area contributed by atoms with Gasteiger partial charge in [-0.15, -0.1) is 0 Å². The minimum Gasteiger partial charge on any atom is -0.456 e. The minimum absolute atomic E-state index is 0.292. The van der Waals surface area contributed by atoms with Crippen molar-refractivity contribution in [2.75, 3.05) is 6.61 Å². The van der Waals surface area contributed by atoms with Gasteiger partial charge in [-0.1, -0.05) is 32.8 Å². The monoisotopic (exact) mass is 360 g/mol. The first-order valence-electron chi connectivity index (χ1n) is 10.5. The summed E-state index contributed by atoms with van der Waals surface area (Å²) >= 11 is 0. The molecule has 0 heterocycles. The molecule has 5 fully saturated rings. The zero-order valence-corrected chi connectivity index (χ0v) is 16.0. The molecule has 5 rings (SSSR count). The molecule has 0 spiro atoms. The van der Waals surface area contributed by atoms with Crippen LogP contribution in [0.15, 0.2) is 12.7 Å². The Hall–Kier alpha value is -1.32. The van der Waals surface area contributed by atoms with Gasteiger partial charge in [-0.3, -0.25) is 0 Å². The van der Waals surface area contributed by atoms with Gasteiger partial charge < -0.3 is 9.47 Å². The highest BCUT2D eigenvalue weighted by Crippen LogP contribution is 2.67. The van der Waals surface area contributed by atoms with E-state index in [0.29, 0.717) is 23.2 Å². The molecule has 4 nitrogen and oxygen atoms in total. The molecule has 0 aromatic heterocycles. The van der Waals surface area contributed by atoms with Crippen LogP contribution < -0.4 is 0 Å². The lowest BCUT2D eigenvalue weighted by Crippen LogP contribution is -2.65. The summed E-state index contributed by atoms with van der Waals surface area (Å²) in [6.45, 7) is 5.53. The van der Waals surface area contributed by atoms with E-state index in [1.54, 1.807) is 0 Å². The maximum Gasteiger partial charge on any atom is 0.344 e. The Balaban J connectivity index is 1.58. The smallest absolute Gasteiger partial charge is 0.344 e. The van der Waals surface area contributed by atoms with E-state index in [0.717, 1.165) is 12.0 Å². The van der Waals surface area contributed by atoms with Crippen LogP contribution in [-0.2, 0) is 19.1 Å². The van der Waals surface area contributed by atoms with Gasteiger partial charge in [-0.25, -0.2) is 9.59 Å². The number of hydrogen-bond donors (Lipinski definition) is 0. The van der Waals surface area contributed by atoms with E-state index in [-0.39, 0.29) is 18.2 Å². The molecule has 2 unspecified atom stereocenters. The van der Waals surface area contributed by atoms with Crippen molar-refractivity contribution < 1.29 is 19.1 Å². The van der Waals surface area contributed by atoms with Crippen molar-refractivity contribution >= 4 is 11.9 Å². The van der Waals surface area contributed by atoms with Crippen LogP contribution in [0.5, 0.6) is 0 Å². The molecule has 4 heteroatoms. The summed E-state index contributed by atoms with van der Waals surface area (Å²) in [6.07, 6.45) is 13.4. The molecule has 0 radical (unpaired) electrons. The Kier molecular flexibility index (Phi) is 4.65. The van der Waals surface area contributed by atoms with Crippen LogP contribution in [0.25, 0.3) is 0 Å². The fourth-order valence-electron chi connectivity index (χ4n) is 7.28. The number of carbonyl (C=O) groups is 2. The topological polar surface area (TPSA) is 52.6 Å². The van der Waals surface area contributed by atoms with E-state index in [2.05, 4.69) is 13.5 Å². The Morgan fingerprint density at radius 3 is 2.27 bits per heavy atom. The quantitative estimate of drug-likeness (QED) is 0.538. The molecular formula is C22H32O4. The molecule has 0 aromatic rings. The lowest BCUT2D eigenvalue weighted by Gasteiger charge is -2.66. The summed E-state index contributed by atoms with van der Waals surface area (Å²) in [5, 5.41) is 0. The molecule has 5 saturated carbocycles. The average molecular weight is 360 g/mol. The van der Waals surface area contributed by atoms with Crippen molar-refractivity contribution in [3.05, 3.63) is 12.7 Å². The van der Waals surface area contributed by atoms with E-state index < -0.39 is 5.97 Å². The number of rotatable bonds is 5. The zero-order valence-electron chi connectivity index (χ0n) is 16.0. The van der Waals surface area contributed by atoms with Gasteiger partial charge >= 0.3 is 11.9 Å². The Morgan fingerprint density at radius 1 is 1.04 bits per heavy atom. The Labute approximate surface area is 156 Å². The third kappa shape index (κ3) is 2.99. The average Bonchev–Trinajstić information content (AvgIpc) is 2.62. The standard InChI is InChI=1S/C22H32O4/c1-3-19(23)25-14-20(24)26-22(16-7-5-4-6-8-16)17-9-15-10-18(22)13-21(2,11-15)12-17/h3,15-18H,1,4-14H2,2H3. The normalized spacial score (nSPS) is 41.7. The predicted octanol–water partition coefficient (Wildman–Crippen LogP) is 4.42. The SMILES string of the molecule is C=CC(=O)OCC(=O)OC1(C2CCCCC2)C2CC3CC1CC(C)(C3)C2. The summed E-state index contributed by atoms with van der Waals surface area (Å²) in [7, 11) is 0. The highest BCUT2D eigenvalue weighted by molar-refractivity contribution is 5.83. The number of esters is 2. The van der Waals surface area contributed by atoms with E-state index in [1.807, 2.05) is 0 Å². The molecule has 4 bridgehead atoms. The van der Waals surface area contributed by atoms with Crippen LogP contribution in [0, 0.1) is 29.1 Å². The minimum atomic E-state index is -0.564. The van der Waals surface area contributed by atoms with E-state index in [4.69, 9.17) is 9.47 Å². The fraction of sp³-hybridized carbons (Fsp3) is 0.818. The first-order chi connectivity index (χ1) is 12.4. The highest BCUT2D eigenvalue weighted by Gasteiger charge is 2.65. The predicted molar refractivity (Wildman–Crippen MR) is 98.2 cm³/mol. The van der Waals surface area contributed by atoms with Crippen LogP contribution in [0.1, 0.15) is 71.1 Å². The van der Waals surface area contributed by atoms with Crippen LogP contribution in [-0.4, -0.2) is 24.1 Å². The molecule has 0 amide bonds. The molecule has 0 saturated heterocycles. The second-order valence-electron chi connectivity index (χ2n) is 9.63. The van der Waals surface area contributed by atoms with E-state index in [1.165, 1.54) is 64.2 Å². The first kappa shape index (κ1) is 18.1. The number of ether oxygens (including phenoxy) is 2. The van der Waals surface area contributed by atoms with Crippen molar-refractivity contribution in [3.8, 4) is 0 Å². The third-order valence-electron chi connectivity index (χ3n) is 7.80. The third-order valence-corrected chi connectivity index (χ3v) is 7.80. The van der Waals surface area contributed by atoms with Gasteiger partial charge in [0.2, 0.25) is 0 Å². The van der Waals surface area contributed by atoms with E-state index in [9.17, 15) is 9.59 Å². The second-order valence-corrected chi connectivity index (χ2v) is 9.63. The maximum atomic E-state index is 12.6. The summed E-state index contributed by atoms with van der Waals surface area (Å²) in [4.78, 5) is 24.0. The zero-order chi connectivity index (χ0) is 18.4. The lowest BCUT2D eigenvalue weighted by atomic mass is 9.42. The summed E-state index contributed by atoms with van der Waals surface area (Å²) in [5.74, 6) is 1.33. The van der Waals surface area contributed by atoms with Gasteiger partial charge in [0.1, 0.15) is 5.60 Å². The van der Waals surface area contributed by atoms with Crippen LogP contribution in [0.2, 0.25) is 0 Å². The Bertz CT molecular complexity index is 573. The van der Waals surface area contributed by atoms with Gasteiger partial charge in [0, 0.05) is 17.9 Å². The van der Waals surface area contributed by atoms with Gasteiger partial charge in [-0.05, 0) is 62.2 Å². The molecule has 2 atom stereocenters. The maximum absolute atomic E-state index is 12.6. The molecular weight excluding hydrogens is 328 g/mol. The molecule has 5 aliphatic carbocycles. The van der Waals surface area contributed by atoms with Crippen molar-refractivity contribution in [1.29, 1.82) is 0 Å². The van der Waals surface area contributed by atoms with Crippen molar-refractivity contribution in [1.82, 2.24) is 0 Å². The fourth-order valence-corrected chi connectivity index (χ4v) is 7.28. The van der Waals surface area contributed by atoms with Gasteiger partial charge in [-0.2, -0.15) is 0 Å². The number of carbonyl (C=O) groups excluding carboxylic acids is 2. The highest BCUT2D eigenvalue weighted by atomic mass is 16.6. The van der Waals surface area contributed by atoms with Gasteiger partial charge in [0.25, 0.3) is 0 Å². The second kappa shape index (κ2) is 6.69. The summed E-state index contributed by atoms with van der Waals surface area (Å²) < 4.78 is 11.3. The summed E-state index contributed by atoms with van der Waals surface area (Å²) in [6, 6.07) is 0. The molecule has 5 aliphatic rings. The molecule has 0 aliphatic heterocycles. The van der Waals surface area contributed by atoms with Crippen LogP contribution in [0.3, 0.4) is 0 Å². The van der Waals surface area contributed by atoms with E-state index >= 15 is 0 Å². The molecule has 0 aromatic carbocycles. The van der Waals surface area contributed by atoms with Crippen molar-refractivity contribution in [3.63, 3.8) is 0 Å². The summed E-state index contributed by atoms with van der Waals surface area (Å²) in [5.41, 5.74) is 0.130. The number of hydrogen-bond acceptors (Lipinski definition) is 4. The van der Waals surface area contributed by atoms with Crippen molar-refractivity contribution in [2.45, 2.75) is 76.7 Å². The first-order valence-corrected chi connectivity index (χ1v) is 10.5. The lowest BCUT2D eigenvalue weighted by molar-refractivity contribution is -0.247.